The first-order valence-electron chi connectivity index (χ1n) is 25.5. The van der Waals surface area contributed by atoms with Crippen LogP contribution in [0.1, 0.15) is 118 Å². The summed E-state index contributed by atoms with van der Waals surface area (Å²) < 4.78 is 0. The fourth-order valence-corrected chi connectivity index (χ4v) is 7.78. The van der Waals surface area contributed by atoms with Crippen LogP contribution in [0.15, 0.2) is 30.3 Å². The number of hydrogen-bond donors (Lipinski definition) is 14. The zero-order valence-corrected chi connectivity index (χ0v) is 43.3. The summed E-state index contributed by atoms with van der Waals surface area (Å²) in [5.41, 5.74) is 18.2. The summed E-state index contributed by atoms with van der Waals surface area (Å²) in [6.07, 6.45) is 2.60. The van der Waals surface area contributed by atoms with E-state index in [4.69, 9.17) is 17.2 Å². The van der Waals surface area contributed by atoms with Gasteiger partial charge in [0.05, 0.1) is 6.10 Å². The van der Waals surface area contributed by atoms with Crippen LogP contribution in [0.2, 0.25) is 0 Å². The molecule has 10 atom stereocenters. The van der Waals surface area contributed by atoms with Crippen LogP contribution in [0.25, 0.3) is 0 Å². The van der Waals surface area contributed by atoms with Crippen molar-refractivity contribution in [1.29, 1.82) is 0 Å². The normalized spacial score (nSPS) is 23.4. The van der Waals surface area contributed by atoms with E-state index in [0.717, 1.165) is 25.7 Å². The van der Waals surface area contributed by atoms with Crippen molar-refractivity contribution in [2.45, 2.75) is 179 Å². The molecule has 0 spiro atoms. The minimum absolute atomic E-state index is 0.0721. The van der Waals surface area contributed by atoms with Crippen molar-refractivity contribution in [3.8, 4) is 0 Å². The first-order valence-corrected chi connectivity index (χ1v) is 25.5. The van der Waals surface area contributed by atoms with Crippen LogP contribution < -0.4 is 70.4 Å². The van der Waals surface area contributed by atoms with Gasteiger partial charge in [-0.15, -0.1) is 0 Å². The molecule has 24 heteroatoms. The molecular formula is C49H83N13O11. The Morgan fingerprint density at radius 2 is 1.08 bits per heavy atom. The van der Waals surface area contributed by atoms with Crippen LogP contribution >= 0.6 is 0 Å². The molecule has 10 amide bonds. The van der Waals surface area contributed by atoms with Crippen molar-refractivity contribution in [2.24, 2.45) is 23.1 Å². The third-order valence-electron chi connectivity index (χ3n) is 12.0. The van der Waals surface area contributed by atoms with Gasteiger partial charge in [0.2, 0.25) is 59.1 Å². The number of carbonyl (C=O) groups is 10. The van der Waals surface area contributed by atoms with Gasteiger partial charge < -0.3 is 75.5 Å². The maximum absolute atomic E-state index is 14.3. The van der Waals surface area contributed by atoms with E-state index >= 15 is 0 Å². The van der Waals surface area contributed by atoms with Crippen molar-refractivity contribution in [2.75, 3.05) is 26.2 Å². The van der Waals surface area contributed by atoms with E-state index in [2.05, 4.69) is 60.1 Å². The summed E-state index contributed by atoms with van der Waals surface area (Å²) >= 11 is 0. The van der Waals surface area contributed by atoms with Crippen molar-refractivity contribution in [3.63, 3.8) is 0 Å². The molecule has 410 valence electrons. The number of nitrogens with two attached hydrogens (primary N) is 3. The lowest BCUT2D eigenvalue weighted by atomic mass is 10.00. The van der Waals surface area contributed by atoms with Gasteiger partial charge in [-0.25, -0.2) is 0 Å². The molecule has 0 radical (unpaired) electrons. The number of unbranched alkanes of at least 4 members (excludes halogenated alkanes) is 4. The number of carbonyl (C=O) groups excluding carboxylic acids is 10. The molecule has 24 nitrogen and oxygen atoms in total. The molecule has 1 fully saturated rings. The Bertz CT molecular complexity index is 1980. The van der Waals surface area contributed by atoms with Gasteiger partial charge in [0.15, 0.2) is 0 Å². The zero-order valence-electron chi connectivity index (χ0n) is 43.3. The van der Waals surface area contributed by atoms with E-state index in [-0.39, 0.29) is 82.9 Å². The summed E-state index contributed by atoms with van der Waals surface area (Å²) in [4.78, 5) is 137. The molecule has 17 N–H and O–H groups in total. The maximum Gasteiger partial charge on any atom is 0.245 e. The fraction of sp³-hybridized carbons (Fsp3) is 0.673. The number of benzene rings is 1. The van der Waals surface area contributed by atoms with Crippen LogP contribution in [-0.4, -0.2) is 151 Å². The van der Waals surface area contributed by atoms with Gasteiger partial charge in [0.25, 0.3) is 0 Å². The minimum Gasteiger partial charge on any atom is -0.391 e. The second-order valence-corrected chi connectivity index (χ2v) is 18.9. The number of aliphatic hydroxyl groups is 1. The Hall–Kier alpha value is -6.24. The Morgan fingerprint density at radius 3 is 1.62 bits per heavy atom. The molecule has 2 rings (SSSR count). The molecule has 1 aromatic rings. The van der Waals surface area contributed by atoms with Crippen LogP contribution in [0, 0.1) is 5.92 Å². The number of amides is 10. The smallest absolute Gasteiger partial charge is 0.245 e. The second-order valence-electron chi connectivity index (χ2n) is 18.9. The average molecular weight is 1030 g/mol. The Balaban J connectivity index is 2.61. The van der Waals surface area contributed by atoms with Crippen molar-refractivity contribution in [1.82, 2.24) is 53.2 Å². The van der Waals surface area contributed by atoms with Gasteiger partial charge in [-0.1, -0.05) is 76.8 Å². The maximum atomic E-state index is 14.3. The third-order valence-corrected chi connectivity index (χ3v) is 12.0. The highest BCUT2D eigenvalue weighted by molar-refractivity contribution is 5.98. The topological polar surface area (TPSA) is 389 Å². The largest absolute Gasteiger partial charge is 0.391 e. The lowest BCUT2D eigenvalue weighted by molar-refractivity contribution is -0.136. The summed E-state index contributed by atoms with van der Waals surface area (Å²) in [7, 11) is 0. The quantitative estimate of drug-likeness (QED) is 0.0515. The molecule has 1 saturated heterocycles. The van der Waals surface area contributed by atoms with Crippen LogP contribution in [0.5, 0.6) is 0 Å². The highest BCUT2D eigenvalue weighted by atomic mass is 16.3. The number of nitrogens with one attached hydrogen (secondary N) is 10. The molecule has 73 heavy (non-hydrogen) atoms. The molecule has 0 unspecified atom stereocenters. The minimum atomic E-state index is -1.62. The van der Waals surface area contributed by atoms with Gasteiger partial charge in [-0.3, -0.25) is 47.9 Å². The Labute approximate surface area is 428 Å². The highest BCUT2D eigenvalue weighted by Crippen LogP contribution is 2.11. The number of aliphatic hydroxyl groups excluding tert-OH is 1. The fourth-order valence-electron chi connectivity index (χ4n) is 7.78. The van der Waals surface area contributed by atoms with Crippen molar-refractivity contribution < 1.29 is 53.1 Å². The van der Waals surface area contributed by atoms with E-state index in [9.17, 15) is 53.1 Å². The lowest BCUT2D eigenvalue weighted by Crippen LogP contribution is -2.61. The molecule has 1 aliphatic rings. The predicted octanol–water partition coefficient (Wildman–Crippen LogP) is -3.01. The summed E-state index contributed by atoms with van der Waals surface area (Å²) in [5, 5.41) is 36.5. The Kier molecular flexibility index (Phi) is 28.8. The monoisotopic (exact) mass is 1030 g/mol. The highest BCUT2D eigenvalue weighted by Gasteiger charge is 2.36. The van der Waals surface area contributed by atoms with E-state index in [0.29, 0.717) is 12.0 Å². The van der Waals surface area contributed by atoms with Crippen LogP contribution in [-0.2, 0) is 54.4 Å². The van der Waals surface area contributed by atoms with Gasteiger partial charge >= 0.3 is 0 Å². The predicted molar refractivity (Wildman–Crippen MR) is 272 cm³/mol. The average Bonchev–Trinajstić information content (AvgIpc) is 3.33. The molecule has 0 aromatic heterocycles. The van der Waals surface area contributed by atoms with Gasteiger partial charge in [-0.2, -0.15) is 0 Å². The first kappa shape index (κ1) is 62.9. The third kappa shape index (κ3) is 23.0. The van der Waals surface area contributed by atoms with E-state index in [1.807, 2.05) is 0 Å². The SMILES string of the molecule is CCCCCCCC(=O)N[C@@H](C)C(=O)N[C@@H](C)C(=O)N[C@H]1CCNC(=O)[C@H]([C@@H](C)O)NC(=O)[C@H](CCN)NC(=O)[C@H](CCN)NC(=O)[C@H](CC(C)C)NC(=O)[C@@H](Cc2ccccc2)NC(=O)[C@H](CCN)NC1=O. The molecule has 0 aliphatic carbocycles. The molecule has 1 heterocycles. The van der Waals surface area contributed by atoms with E-state index in [1.54, 1.807) is 44.2 Å². The molecule has 1 aliphatic heterocycles. The van der Waals surface area contributed by atoms with Crippen molar-refractivity contribution >= 4 is 59.1 Å². The summed E-state index contributed by atoms with van der Waals surface area (Å²) in [5.74, 6) is -8.06. The van der Waals surface area contributed by atoms with Gasteiger partial charge in [0.1, 0.15) is 54.4 Å². The lowest BCUT2D eigenvalue weighted by Gasteiger charge is -2.28. The first-order chi connectivity index (χ1) is 34.6. The van der Waals surface area contributed by atoms with Gasteiger partial charge in [0, 0.05) is 19.4 Å². The molecular weight excluding hydrogens is 947 g/mol. The van der Waals surface area contributed by atoms with Gasteiger partial charge in [-0.05, 0) is 90.4 Å². The Morgan fingerprint density at radius 1 is 0.603 bits per heavy atom. The van der Waals surface area contributed by atoms with Crippen LogP contribution in [0.4, 0.5) is 0 Å². The van der Waals surface area contributed by atoms with E-state index < -0.39 is 114 Å². The summed E-state index contributed by atoms with van der Waals surface area (Å²) in [6.45, 7) is 9.03. The molecule has 0 saturated carbocycles. The standard InChI is InChI=1S/C49H83N13O11/c1-7-8-9-10-14-17-39(64)54-29(4)41(65)55-30(5)42(66)56-36-21-25-53-49(73)40(31(6)63)62-46(70)35(20-24-52)58-43(67)33(18-22-50)59-47(71)37(26-28(2)3)60-48(72)38(27-32-15-12-11-13-16-32)61-44(68)34(19-23-51)57-45(36)69/h11-13,15-16,28-31,33-38,40,63H,7-10,14,17-27,50-52H2,1-6H3,(H,53,73)(H,54,64)(H,55,65)(H,56,66)(H,57,69)(H,58,67)(H,59,71)(H,60,72)(H,61,68)(H,62,70)/t29-,30-,31+,33-,34-,35-,36-,37-,38+,40-/m0/s1. The zero-order chi connectivity index (χ0) is 54.6. The number of rotatable bonds is 22. The molecule has 1 aromatic carbocycles. The molecule has 0 bridgehead atoms. The van der Waals surface area contributed by atoms with Crippen LogP contribution in [0.3, 0.4) is 0 Å². The van der Waals surface area contributed by atoms with Crippen molar-refractivity contribution in [3.05, 3.63) is 35.9 Å². The number of hydrogen-bond acceptors (Lipinski definition) is 14. The second kappa shape index (κ2) is 33.5. The van der Waals surface area contributed by atoms with E-state index in [1.165, 1.54) is 20.8 Å². The summed E-state index contributed by atoms with van der Waals surface area (Å²) in [6, 6.07) is -3.45.